The molecule has 0 aromatic carbocycles. The van der Waals surface area contributed by atoms with Crippen LogP contribution < -0.4 is 0 Å². The first-order chi connectivity index (χ1) is 10.3. The molecule has 118 valence electrons. The smallest absolute Gasteiger partial charge is 0.239 e. The normalized spacial score (nSPS) is 27.9. The van der Waals surface area contributed by atoms with E-state index in [-0.39, 0.29) is 6.04 Å². The average molecular weight is 290 g/mol. The van der Waals surface area contributed by atoms with Crippen LogP contribution in [0.3, 0.4) is 0 Å². The highest BCUT2D eigenvalue weighted by Gasteiger charge is 2.32. The summed E-state index contributed by atoms with van der Waals surface area (Å²) in [4.78, 5) is 17.2. The topological polar surface area (TPSA) is 23.6 Å². The summed E-state index contributed by atoms with van der Waals surface area (Å²) in [5, 5.41) is 0. The SMILES string of the molecule is C#CCN1CCCCC1C(=O)N1CCCC(CCC)CC1. The van der Waals surface area contributed by atoms with E-state index in [1.807, 2.05) is 0 Å². The summed E-state index contributed by atoms with van der Waals surface area (Å²) >= 11 is 0. The van der Waals surface area contributed by atoms with E-state index in [1.54, 1.807) is 0 Å². The van der Waals surface area contributed by atoms with E-state index in [4.69, 9.17) is 6.42 Å². The zero-order valence-corrected chi connectivity index (χ0v) is 13.5. The Bertz CT molecular complexity index is 374. The van der Waals surface area contributed by atoms with Crippen LogP contribution >= 0.6 is 0 Å². The maximum absolute atomic E-state index is 12.9. The van der Waals surface area contributed by atoms with Crippen LogP contribution in [0.4, 0.5) is 0 Å². The summed E-state index contributed by atoms with van der Waals surface area (Å²) in [5.74, 6) is 3.87. The minimum Gasteiger partial charge on any atom is -0.341 e. The monoisotopic (exact) mass is 290 g/mol. The Balaban J connectivity index is 1.93. The van der Waals surface area contributed by atoms with Gasteiger partial charge in [-0.05, 0) is 44.6 Å². The number of carbonyl (C=O) groups excluding carboxylic acids is 1. The van der Waals surface area contributed by atoms with E-state index >= 15 is 0 Å². The van der Waals surface area contributed by atoms with Gasteiger partial charge < -0.3 is 4.90 Å². The van der Waals surface area contributed by atoms with Crippen molar-refractivity contribution in [2.45, 2.75) is 64.3 Å². The van der Waals surface area contributed by atoms with Crippen LogP contribution in [0, 0.1) is 18.3 Å². The highest BCUT2D eigenvalue weighted by Crippen LogP contribution is 2.24. The van der Waals surface area contributed by atoms with Gasteiger partial charge in [0.15, 0.2) is 0 Å². The predicted octanol–water partition coefficient (Wildman–Crippen LogP) is 2.90. The van der Waals surface area contributed by atoms with Crippen LogP contribution in [0.2, 0.25) is 0 Å². The lowest BCUT2D eigenvalue weighted by Gasteiger charge is -2.36. The minimum atomic E-state index is 0.0394. The van der Waals surface area contributed by atoms with E-state index in [0.29, 0.717) is 12.5 Å². The summed E-state index contributed by atoms with van der Waals surface area (Å²) in [7, 11) is 0. The van der Waals surface area contributed by atoms with Gasteiger partial charge in [0, 0.05) is 13.1 Å². The third-order valence-corrected chi connectivity index (χ3v) is 5.05. The van der Waals surface area contributed by atoms with E-state index in [0.717, 1.165) is 44.8 Å². The molecule has 2 rings (SSSR count). The van der Waals surface area contributed by atoms with Crippen LogP contribution in [-0.2, 0) is 4.79 Å². The van der Waals surface area contributed by atoms with Crippen molar-refractivity contribution in [2.75, 3.05) is 26.2 Å². The largest absolute Gasteiger partial charge is 0.341 e. The number of amides is 1. The molecule has 2 atom stereocenters. The Morgan fingerprint density at radius 3 is 2.76 bits per heavy atom. The van der Waals surface area contributed by atoms with Crippen molar-refractivity contribution in [3.63, 3.8) is 0 Å². The molecule has 0 aliphatic carbocycles. The molecule has 0 N–H and O–H groups in total. The number of carbonyl (C=O) groups is 1. The number of nitrogens with zero attached hydrogens (tertiary/aromatic N) is 2. The predicted molar refractivity (Wildman–Crippen MR) is 86.9 cm³/mol. The highest BCUT2D eigenvalue weighted by molar-refractivity contribution is 5.82. The molecule has 0 aromatic rings. The molecule has 1 amide bonds. The number of hydrogen-bond donors (Lipinski definition) is 0. The number of piperidine rings is 1. The van der Waals surface area contributed by atoms with Gasteiger partial charge in [0.1, 0.15) is 0 Å². The van der Waals surface area contributed by atoms with Crippen LogP contribution in [0.25, 0.3) is 0 Å². The maximum Gasteiger partial charge on any atom is 0.239 e. The number of terminal acetylenes is 1. The van der Waals surface area contributed by atoms with E-state index in [9.17, 15) is 4.79 Å². The van der Waals surface area contributed by atoms with Gasteiger partial charge >= 0.3 is 0 Å². The molecule has 3 heteroatoms. The van der Waals surface area contributed by atoms with Crippen molar-refractivity contribution in [1.82, 2.24) is 9.80 Å². The molecular formula is C18H30N2O. The van der Waals surface area contributed by atoms with Gasteiger partial charge in [-0.15, -0.1) is 6.42 Å². The molecule has 0 aromatic heterocycles. The van der Waals surface area contributed by atoms with Gasteiger partial charge in [-0.25, -0.2) is 0 Å². The highest BCUT2D eigenvalue weighted by atomic mass is 16.2. The zero-order chi connectivity index (χ0) is 15.1. The van der Waals surface area contributed by atoms with Crippen molar-refractivity contribution in [2.24, 2.45) is 5.92 Å². The molecular weight excluding hydrogens is 260 g/mol. The molecule has 3 nitrogen and oxygen atoms in total. The molecule has 2 unspecified atom stereocenters. The second-order valence-electron chi connectivity index (χ2n) is 6.60. The third kappa shape index (κ3) is 4.48. The van der Waals surface area contributed by atoms with Crippen molar-refractivity contribution >= 4 is 5.91 Å². The molecule has 2 aliphatic heterocycles. The molecule has 2 saturated heterocycles. The van der Waals surface area contributed by atoms with E-state index < -0.39 is 0 Å². The number of hydrogen-bond acceptors (Lipinski definition) is 2. The second kappa shape index (κ2) is 8.44. The first-order valence-corrected chi connectivity index (χ1v) is 8.72. The van der Waals surface area contributed by atoms with Crippen molar-refractivity contribution < 1.29 is 4.79 Å². The molecule has 21 heavy (non-hydrogen) atoms. The fraction of sp³-hybridized carbons (Fsp3) is 0.833. The lowest BCUT2D eigenvalue weighted by Crippen LogP contribution is -2.51. The Morgan fingerprint density at radius 2 is 2.00 bits per heavy atom. The number of likely N-dealkylation sites (tertiary alicyclic amines) is 2. The quantitative estimate of drug-likeness (QED) is 0.743. The van der Waals surface area contributed by atoms with Gasteiger partial charge in [-0.1, -0.05) is 32.1 Å². The maximum atomic E-state index is 12.9. The Labute approximate surface area is 130 Å². The Kier molecular flexibility index (Phi) is 6.57. The fourth-order valence-electron chi connectivity index (χ4n) is 3.87. The van der Waals surface area contributed by atoms with Gasteiger partial charge in [-0.3, -0.25) is 9.69 Å². The van der Waals surface area contributed by atoms with Crippen molar-refractivity contribution in [1.29, 1.82) is 0 Å². The van der Waals surface area contributed by atoms with Crippen molar-refractivity contribution in [3.05, 3.63) is 0 Å². The fourth-order valence-corrected chi connectivity index (χ4v) is 3.87. The molecule has 0 bridgehead atoms. The Morgan fingerprint density at radius 1 is 1.14 bits per heavy atom. The summed E-state index contributed by atoms with van der Waals surface area (Å²) in [6.45, 7) is 5.74. The second-order valence-corrected chi connectivity index (χ2v) is 6.60. The lowest BCUT2D eigenvalue weighted by atomic mass is 9.96. The van der Waals surface area contributed by atoms with Gasteiger partial charge in [-0.2, -0.15) is 0 Å². The zero-order valence-electron chi connectivity index (χ0n) is 13.5. The molecule has 2 heterocycles. The first-order valence-electron chi connectivity index (χ1n) is 8.72. The summed E-state index contributed by atoms with van der Waals surface area (Å²) in [6, 6.07) is 0.0394. The van der Waals surface area contributed by atoms with Crippen LogP contribution in [-0.4, -0.2) is 47.9 Å². The summed E-state index contributed by atoms with van der Waals surface area (Å²) in [5.41, 5.74) is 0. The first kappa shape index (κ1) is 16.4. The van der Waals surface area contributed by atoms with Crippen molar-refractivity contribution in [3.8, 4) is 12.3 Å². The molecule has 0 radical (unpaired) electrons. The molecule has 2 fully saturated rings. The third-order valence-electron chi connectivity index (χ3n) is 5.05. The van der Waals surface area contributed by atoms with Gasteiger partial charge in [0.25, 0.3) is 0 Å². The molecule has 0 spiro atoms. The molecule has 2 aliphatic rings. The van der Waals surface area contributed by atoms with Crippen LogP contribution in [0.15, 0.2) is 0 Å². The summed E-state index contributed by atoms with van der Waals surface area (Å²) in [6.07, 6.45) is 15.0. The lowest BCUT2D eigenvalue weighted by molar-refractivity contribution is -0.138. The Hall–Kier alpha value is -1.01. The molecule has 0 saturated carbocycles. The standard InChI is InChI=1S/C18H30N2O/c1-3-8-16-9-7-14-20(15-11-16)18(21)17-10-5-6-13-19(17)12-4-2/h2,16-17H,3,5-15H2,1H3. The van der Waals surface area contributed by atoms with Gasteiger partial charge in [0.2, 0.25) is 5.91 Å². The van der Waals surface area contributed by atoms with E-state index in [1.165, 1.54) is 32.1 Å². The average Bonchev–Trinajstić information content (AvgIpc) is 2.74. The van der Waals surface area contributed by atoms with E-state index in [2.05, 4.69) is 22.6 Å². The van der Waals surface area contributed by atoms with Crippen LogP contribution in [0.1, 0.15) is 58.3 Å². The van der Waals surface area contributed by atoms with Gasteiger partial charge in [0.05, 0.1) is 12.6 Å². The summed E-state index contributed by atoms with van der Waals surface area (Å²) < 4.78 is 0. The van der Waals surface area contributed by atoms with Crippen LogP contribution in [0.5, 0.6) is 0 Å². The minimum absolute atomic E-state index is 0.0394. The number of rotatable bonds is 4.